The zero-order chi connectivity index (χ0) is 36.1. The molecule has 5 rings (SSSR count). The number of ether oxygens (including phenoxy) is 3. The third-order valence-electron chi connectivity index (χ3n) is 9.44. The van der Waals surface area contributed by atoms with Crippen LogP contribution in [0.5, 0.6) is 17.2 Å². The first kappa shape index (κ1) is 35.8. The number of fused-ring (bicyclic) bond motifs is 4. The molecule has 4 atom stereocenters. The molecule has 50 heavy (non-hydrogen) atoms. The second-order valence-corrected chi connectivity index (χ2v) is 12.6. The van der Waals surface area contributed by atoms with Crippen molar-refractivity contribution >= 4 is 34.4 Å². The van der Waals surface area contributed by atoms with E-state index in [2.05, 4.69) is 20.9 Å². The van der Waals surface area contributed by atoms with Crippen molar-refractivity contribution in [3.63, 3.8) is 0 Å². The first-order valence-electron chi connectivity index (χ1n) is 16.6. The minimum atomic E-state index is -1.21. The van der Waals surface area contributed by atoms with Gasteiger partial charge in [-0.2, -0.15) is 0 Å². The molecule has 12 heteroatoms. The molecule has 0 bridgehead atoms. The van der Waals surface area contributed by atoms with E-state index in [1.165, 1.54) is 27.2 Å². The Hall–Kier alpha value is -5.52. The van der Waals surface area contributed by atoms with Gasteiger partial charge in [0, 0.05) is 36.0 Å². The Labute approximate surface area is 290 Å². The molecule has 5 N–H and O–H groups in total. The first-order chi connectivity index (χ1) is 24.0. The van der Waals surface area contributed by atoms with Crippen LogP contribution >= 0.6 is 0 Å². The Morgan fingerprint density at radius 3 is 2.42 bits per heavy atom. The molecule has 1 heterocycles. The lowest BCUT2D eigenvalue weighted by Gasteiger charge is -2.26. The molecule has 0 unspecified atom stereocenters. The third kappa shape index (κ3) is 7.24. The second-order valence-electron chi connectivity index (χ2n) is 12.6. The quantitative estimate of drug-likeness (QED) is 0.130. The minimum absolute atomic E-state index is 0.0676. The SMILES string of the molecule is CC[C@@H](C)[C@@H](Nc1ccc2c(cc1=O)[C@H](NC(C)=O)CCc1cc(OC)c(OC)c(OC)c1-2)C(=O)N[C@H](Cc1c[nH]c2ccccc12)C(=O)O. The highest BCUT2D eigenvalue weighted by atomic mass is 16.5. The number of H-pyrrole nitrogens is 1. The molecular weight excluding hydrogens is 640 g/mol. The van der Waals surface area contributed by atoms with E-state index in [0.717, 1.165) is 22.0 Å². The zero-order valence-electron chi connectivity index (χ0n) is 29.1. The molecule has 3 aromatic carbocycles. The first-order valence-corrected chi connectivity index (χ1v) is 16.6. The van der Waals surface area contributed by atoms with E-state index in [4.69, 9.17) is 14.2 Å². The molecule has 0 fully saturated rings. The number of hydrogen-bond acceptors (Lipinski definition) is 8. The second kappa shape index (κ2) is 15.4. The highest BCUT2D eigenvalue weighted by Gasteiger charge is 2.32. The summed E-state index contributed by atoms with van der Waals surface area (Å²) in [5, 5.41) is 19.9. The Morgan fingerprint density at radius 2 is 1.76 bits per heavy atom. The lowest BCUT2D eigenvalue weighted by atomic mass is 9.95. The number of anilines is 1. The summed E-state index contributed by atoms with van der Waals surface area (Å²) in [5.41, 5.74) is 4.18. The van der Waals surface area contributed by atoms with Gasteiger partial charge in [0.2, 0.25) is 23.0 Å². The summed E-state index contributed by atoms with van der Waals surface area (Å²) < 4.78 is 17.1. The van der Waals surface area contributed by atoms with Gasteiger partial charge in [0.1, 0.15) is 12.1 Å². The van der Waals surface area contributed by atoms with Crippen LogP contribution in [0.3, 0.4) is 0 Å². The predicted molar refractivity (Wildman–Crippen MR) is 191 cm³/mol. The number of carboxylic acids is 1. The smallest absolute Gasteiger partial charge is 0.326 e. The number of rotatable bonds is 13. The number of carbonyl (C=O) groups is 3. The fourth-order valence-electron chi connectivity index (χ4n) is 6.68. The van der Waals surface area contributed by atoms with Gasteiger partial charge in [-0.05, 0) is 65.3 Å². The molecule has 0 radical (unpaired) electrons. The average molecular weight is 685 g/mol. The van der Waals surface area contributed by atoms with Crippen LogP contribution in [0.15, 0.2) is 59.5 Å². The monoisotopic (exact) mass is 684 g/mol. The van der Waals surface area contributed by atoms with E-state index < -0.39 is 35.4 Å². The maximum absolute atomic E-state index is 14.0. The van der Waals surface area contributed by atoms with E-state index in [9.17, 15) is 24.3 Å². The predicted octanol–water partition coefficient (Wildman–Crippen LogP) is 4.98. The minimum Gasteiger partial charge on any atom is -0.493 e. The van der Waals surface area contributed by atoms with Crippen LogP contribution in [-0.4, -0.2) is 61.3 Å². The highest BCUT2D eigenvalue weighted by molar-refractivity contribution is 5.90. The number of amides is 2. The maximum atomic E-state index is 14.0. The van der Waals surface area contributed by atoms with Gasteiger partial charge in [-0.3, -0.25) is 14.4 Å². The molecule has 0 saturated heterocycles. The van der Waals surface area contributed by atoms with Gasteiger partial charge in [-0.1, -0.05) is 44.5 Å². The molecule has 0 saturated carbocycles. The number of hydrogen-bond donors (Lipinski definition) is 5. The molecule has 1 aliphatic carbocycles. The number of benzene rings is 2. The number of aliphatic carboxylic acids is 1. The number of carboxylic acid groups (broad SMARTS) is 1. The molecular formula is C38H44N4O8. The van der Waals surface area contributed by atoms with Crippen molar-refractivity contribution < 1.29 is 33.7 Å². The van der Waals surface area contributed by atoms with E-state index >= 15 is 0 Å². The summed E-state index contributed by atoms with van der Waals surface area (Å²) in [6.45, 7) is 5.21. The number of aromatic amines is 1. The Kier molecular flexibility index (Phi) is 11.0. The molecule has 12 nitrogen and oxygen atoms in total. The summed E-state index contributed by atoms with van der Waals surface area (Å²) in [6.07, 6.45) is 3.44. The van der Waals surface area contributed by atoms with E-state index in [-0.39, 0.29) is 23.9 Å². The molecule has 4 aromatic rings. The molecule has 264 valence electrons. The Balaban J connectivity index is 1.55. The van der Waals surface area contributed by atoms with Gasteiger partial charge < -0.3 is 40.3 Å². The molecule has 1 aromatic heterocycles. The Morgan fingerprint density at radius 1 is 1.02 bits per heavy atom. The van der Waals surface area contributed by atoms with Crippen LogP contribution in [0.2, 0.25) is 0 Å². The Bertz CT molecular complexity index is 1970. The van der Waals surface area contributed by atoms with Crippen molar-refractivity contribution in [2.24, 2.45) is 5.92 Å². The van der Waals surface area contributed by atoms with Gasteiger partial charge in [0.25, 0.3) is 0 Å². The van der Waals surface area contributed by atoms with Crippen molar-refractivity contribution in [1.29, 1.82) is 0 Å². The molecule has 0 aliphatic heterocycles. The van der Waals surface area contributed by atoms with Crippen molar-refractivity contribution in [3.8, 4) is 28.4 Å². The summed E-state index contributed by atoms with van der Waals surface area (Å²) in [7, 11) is 4.59. The maximum Gasteiger partial charge on any atom is 0.326 e. The lowest BCUT2D eigenvalue weighted by molar-refractivity contribution is -0.142. The number of para-hydroxylation sites is 1. The van der Waals surface area contributed by atoms with Crippen LogP contribution in [0.1, 0.15) is 56.3 Å². The van der Waals surface area contributed by atoms with E-state index in [1.54, 1.807) is 25.4 Å². The molecule has 1 aliphatic rings. The number of carbonyl (C=O) groups excluding carboxylic acids is 2. The van der Waals surface area contributed by atoms with Crippen LogP contribution < -0.4 is 35.6 Å². The number of nitrogens with one attached hydrogen (secondary N) is 4. The van der Waals surface area contributed by atoms with Gasteiger partial charge in [-0.15, -0.1) is 0 Å². The van der Waals surface area contributed by atoms with Crippen molar-refractivity contribution in [2.75, 3.05) is 26.6 Å². The van der Waals surface area contributed by atoms with E-state index in [1.807, 2.05) is 44.2 Å². The van der Waals surface area contributed by atoms with E-state index in [0.29, 0.717) is 53.2 Å². The topological polar surface area (TPSA) is 168 Å². The van der Waals surface area contributed by atoms with Crippen LogP contribution in [0, 0.1) is 5.92 Å². The summed E-state index contributed by atoms with van der Waals surface area (Å²) >= 11 is 0. The van der Waals surface area contributed by atoms with Crippen molar-refractivity contribution in [3.05, 3.63) is 81.6 Å². The van der Waals surface area contributed by atoms with Crippen LogP contribution in [0.25, 0.3) is 22.0 Å². The largest absolute Gasteiger partial charge is 0.493 e. The zero-order valence-corrected chi connectivity index (χ0v) is 29.1. The van der Waals surface area contributed by atoms with Crippen molar-refractivity contribution in [2.45, 2.75) is 64.6 Å². The van der Waals surface area contributed by atoms with Gasteiger partial charge >= 0.3 is 5.97 Å². The fraction of sp³-hybridized carbons (Fsp3) is 0.368. The summed E-state index contributed by atoms with van der Waals surface area (Å²) in [5.74, 6) is -0.939. The average Bonchev–Trinajstić information content (AvgIpc) is 3.36. The van der Waals surface area contributed by atoms with Crippen LogP contribution in [0.4, 0.5) is 5.69 Å². The molecule has 0 spiro atoms. The number of aromatic nitrogens is 1. The standard InChI is InChI=1S/C38H44N4O8/c1-7-20(2)34(37(45)42-30(38(46)47)16-23-19-39-27-11-9-8-10-24(23)27)41-29-15-13-25-26(18-31(29)44)28(40-21(3)43)14-12-22-17-32(48-4)35(49-5)36(50-6)33(22)25/h8-11,13,15,17-20,28,30,34,39H,7,12,14,16H2,1-6H3,(H,40,43)(H,41,44)(H,42,45)(H,46,47)/t20-,28-,30-,34-/m1/s1. The highest BCUT2D eigenvalue weighted by Crippen LogP contribution is 2.50. The number of methoxy groups -OCH3 is 3. The third-order valence-corrected chi connectivity index (χ3v) is 9.44. The normalized spacial score (nSPS) is 15.4. The lowest BCUT2D eigenvalue weighted by Crippen LogP contribution is -2.51. The van der Waals surface area contributed by atoms with Gasteiger partial charge in [-0.25, -0.2) is 4.79 Å². The van der Waals surface area contributed by atoms with Crippen LogP contribution in [-0.2, 0) is 27.2 Å². The number of aryl methyl sites for hydroxylation is 1. The van der Waals surface area contributed by atoms with Gasteiger partial charge in [0.15, 0.2) is 11.5 Å². The van der Waals surface area contributed by atoms with Gasteiger partial charge in [0.05, 0.1) is 33.1 Å². The summed E-state index contributed by atoms with van der Waals surface area (Å²) in [6, 6.07) is 11.6. The fourth-order valence-corrected chi connectivity index (χ4v) is 6.68. The molecule has 2 amide bonds. The van der Waals surface area contributed by atoms with Crippen molar-refractivity contribution in [1.82, 2.24) is 15.6 Å². The summed E-state index contributed by atoms with van der Waals surface area (Å²) in [4.78, 5) is 55.7.